The van der Waals surface area contributed by atoms with Crippen LogP contribution in [0.3, 0.4) is 0 Å². The maximum Gasteiger partial charge on any atom is 0.248 e. The standard InChI is InChI=1S/C12H21NO3/c1-12(9-14)8-13(11(15)7-16-12)10-5-3-2-4-6-10/h10,14H,2-9H2,1H3. The first-order chi connectivity index (χ1) is 7.64. The SMILES string of the molecule is CC1(CO)CN(C2CCCCC2)C(=O)CO1. The summed E-state index contributed by atoms with van der Waals surface area (Å²) in [5, 5.41) is 9.29. The third-order valence-electron chi connectivity index (χ3n) is 3.72. The fourth-order valence-electron chi connectivity index (χ4n) is 2.63. The van der Waals surface area contributed by atoms with E-state index < -0.39 is 5.60 Å². The minimum Gasteiger partial charge on any atom is -0.393 e. The molecule has 4 nitrogen and oxygen atoms in total. The van der Waals surface area contributed by atoms with Gasteiger partial charge in [0.15, 0.2) is 0 Å². The zero-order chi connectivity index (χ0) is 11.6. The molecule has 2 fully saturated rings. The molecular formula is C12H21NO3. The van der Waals surface area contributed by atoms with Crippen LogP contribution in [0.4, 0.5) is 0 Å². The summed E-state index contributed by atoms with van der Waals surface area (Å²) in [6.45, 7) is 2.50. The second kappa shape index (κ2) is 4.72. The number of rotatable bonds is 2. The van der Waals surface area contributed by atoms with Crippen LogP contribution < -0.4 is 0 Å². The Labute approximate surface area is 96.6 Å². The molecule has 1 unspecified atom stereocenters. The Morgan fingerprint density at radius 3 is 2.75 bits per heavy atom. The number of ether oxygens (including phenoxy) is 1. The van der Waals surface area contributed by atoms with Gasteiger partial charge in [0.05, 0.1) is 13.2 Å². The summed E-state index contributed by atoms with van der Waals surface area (Å²) < 4.78 is 5.41. The summed E-state index contributed by atoms with van der Waals surface area (Å²) >= 11 is 0. The van der Waals surface area contributed by atoms with Gasteiger partial charge in [0.2, 0.25) is 5.91 Å². The van der Waals surface area contributed by atoms with E-state index in [4.69, 9.17) is 4.74 Å². The highest BCUT2D eigenvalue weighted by molar-refractivity contribution is 5.78. The highest BCUT2D eigenvalue weighted by atomic mass is 16.5. The maximum absolute atomic E-state index is 11.8. The molecule has 1 saturated heterocycles. The fraction of sp³-hybridized carbons (Fsp3) is 0.917. The molecule has 0 bridgehead atoms. The van der Waals surface area contributed by atoms with Crippen LogP contribution in [0.15, 0.2) is 0 Å². The van der Waals surface area contributed by atoms with Gasteiger partial charge in [0, 0.05) is 6.04 Å². The highest BCUT2D eigenvalue weighted by Gasteiger charge is 2.38. The Hall–Kier alpha value is -0.610. The summed E-state index contributed by atoms with van der Waals surface area (Å²) in [4.78, 5) is 13.7. The first-order valence-electron chi connectivity index (χ1n) is 6.19. The van der Waals surface area contributed by atoms with Gasteiger partial charge in [-0.3, -0.25) is 4.79 Å². The van der Waals surface area contributed by atoms with E-state index in [0.717, 1.165) is 12.8 Å². The highest BCUT2D eigenvalue weighted by Crippen LogP contribution is 2.27. The lowest BCUT2D eigenvalue weighted by atomic mass is 9.92. The number of carbonyl (C=O) groups is 1. The molecular weight excluding hydrogens is 206 g/mol. The van der Waals surface area contributed by atoms with Crippen LogP contribution in [0.2, 0.25) is 0 Å². The van der Waals surface area contributed by atoms with Gasteiger partial charge >= 0.3 is 0 Å². The molecule has 1 saturated carbocycles. The Morgan fingerprint density at radius 1 is 1.44 bits per heavy atom. The molecule has 1 aliphatic carbocycles. The van der Waals surface area contributed by atoms with Crippen molar-refractivity contribution in [3.05, 3.63) is 0 Å². The molecule has 0 spiro atoms. The van der Waals surface area contributed by atoms with Crippen LogP contribution in [0.25, 0.3) is 0 Å². The van der Waals surface area contributed by atoms with Crippen molar-refractivity contribution in [2.24, 2.45) is 0 Å². The van der Waals surface area contributed by atoms with Crippen molar-refractivity contribution in [2.75, 3.05) is 19.8 Å². The van der Waals surface area contributed by atoms with Gasteiger partial charge in [-0.05, 0) is 19.8 Å². The van der Waals surface area contributed by atoms with Crippen LogP contribution in [-0.4, -0.2) is 47.3 Å². The number of aliphatic hydroxyl groups is 1. The molecule has 2 rings (SSSR count). The van der Waals surface area contributed by atoms with Gasteiger partial charge < -0.3 is 14.7 Å². The average Bonchev–Trinajstić information content (AvgIpc) is 2.34. The zero-order valence-electron chi connectivity index (χ0n) is 9.95. The fourth-order valence-corrected chi connectivity index (χ4v) is 2.63. The first-order valence-corrected chi connectivity index (χ1v) is 6.19. The first kappa shape index (κ1) is 11.9. The van der Waals surface area contributed by atoms with E-state index in [0.29, 0.717) is 12.6 Å². The minimum atomic E-state index is -0.564. The Balaban J connectivity index is 2.02. The Kier molecular flexibility index (Phi) is 3.50. The van der Waals surface area contributed by atoms with Crippen molar-refractivity contribution in [2.45, 2.75) is 50.7 Å². The van der Waals surface area contributed by atoms with E-state index in [2.05, 4.69) is 0 Å². The second-order valence-corrected chi connectivity index (χ2v) is 5.21. The van der Waals surface area contributed by atoms with Gasteiger partial charge in [-0.1, -0.05) is 19.3 Å². The van der Waals surface area contributed by atoms with E-state index in [9.17, 15) is 9.90 Å². The number of aliphatic hydroxyl groups excluding tert-OH is 1. The zero-order valence-corrected chi connectivity index (χ0v) is 9.95. The van der Waals surface area contributed by atoms with Crippen LogP contribution in [0.5, 0.6) is 0 Å². The molecule has 4 heteroatoms. The van der Waals surface area contributed by atoms with Crippen molar-refractivity contribution in [1.29, 1.82) is 0 Å². The lowest BCUT2D eigenvalue weighted by Gasteiger charge is -2.44. The van der Waals surface area contributed by atoms with Crippen LogP contribution >= 0.6 is 0 Å². The van der Waals surface area contributed by atoms with Gasteiger partial charge in [0.25, 0.3) is 0 Å². The molecule has 0 radical (unpaired) electrons. The Bertz CT molecular complexity index is 263. The molecule has 2 aliphatic rings. The summed E-state index contributed by atoms with van der Waals surface area (Å²) in [7, 11) is 0. The molecule has 92 valence electrons. The van der Waals surface area contributed by atoms with Crippen LogP contribution in [0.1, 0.15) is 39.0 Å². The molecule has 0 aromatic rings. The van der Waals surface area contributed by atoms with E-state index >= 15 is 0 Å². The molecule has 1 aliphatic heterocycles. The summed E-state index contributed by atoms with van der Waals surface area (Å²) in [6, 6.07) is 0.371. The molecule has 1 heterocycles. The molecule has 1 N–H and O–H groups in total. The van der Waals surface area contributed by atoms with Gasteiger partial charge in [-0.15, -0.1) is 0 Å². The normalized spacial score (nSPS) is 33.1. The van der Waals surface area contributed by atoms with E-state index in [1.165, 1.54) is 19.3 Å². The summed E-state index contributed by atoms with van der Waals surface area (Å²) in [5.41, 5.74) is -0.564. The predicted molar refractivity (Wildman–Crippen MR) is 60.0 cm³/mol. The van der Waals surface area contributed by atoms with Gasteiger partial charge in [-0.2, -0.15) is 0 Å². The monoisotopic (exact) mass is 227 g/mol. The van der Waals surface area contributed by atoms with Crippen LogP contribution in [0, 0.1) is 0 Å². The number of morpholine rings is 1. The van der Waals surface area contributed by atoms with Crippen molar-refractivity contribution in [3.8, 4) is 0 Å². The largest absolute Gasteiger partial charge is 0.393 e. The van der Waals surface area contributed by atoms with E-state index in [1.807, 2.05) is 11.8 Å². The molecule has 0 aromatic heterocycles. The molecule has 0 aromatic carbocycles. The topological polar surface area (TPSA) is 49.8 Å². The van der Waals surface area contributed by atoms with Gasteiger partial charge in [-0.25, -0.2) is 0 Å². The Morgan fingerprint density at radius 2 is 2.12 bits per heavy atom. The maximum atomic E-state index is 11.8. The summed E-state index contributed by atoms with van der Waals surface area (Å²) in [5.74, 6) is 0.0813. The quantitative estimate of drug-likeness (QED) is 0.763. The molecule has 1 amide bonds. The number of amides is 1. The number of carbonyl (C=O) groups excluding carboxylic acids is 1. The van der Waals surface area contributed by atoms with E-state index in [-0.39, 0.29) is 19.1 Å². The third-order valence-corrected chi connectivity index (χ3v) is 3.72. The summed E-state index contributed by atoms with van der Waals surface area (Å²) in [6.07, 6.45) is 5.92. The smallest absolute Gasteiger partial charge is 0.248 e. The lowest BCUT2D eigenvalue weighted by Crippen LogP contribution is -2.58. The van der Waals surface area contributed by atoms with E-state index in [1.54, 1.807) is 0 Å². The second-order valence-electron chi connectivity index (χ2n) is 5.21. The number of nitrogens with zero attached hydrogens (tertiary/aromatic N) is 1. The number of hydrogen-bond donors (Lipinski definition) is 1. The van der Waals surface area contributed by atoms with Crippen molar-refractivity contribution in [3.63, 3.8) is 0 Å². The lowest BCUT2D eigenvalue weighted by molar-refractivity contribution is -0.171. The number of hydrogen-bond acceptors (Lipinski definition) is 3. The minimum absolute atomic E-state index is 0.0243. The van der Waals surface area contributed by atoms with Crippen molar-refractivity contribution >= 4 is 5.91 Å². The van der Waals surface area contributed by atoms with Crippen LogP contribution in [-0.2, 0) is 9.53 Å². The predicted octanol–water partition coefficient (Wildman–Crippen LogP) is 0.929. The van der Waals surface area contributed by atoms with Crippen molar-refractivity contribution < 1.29 is 14.6 Å². The molecule has 1 atom stereocenters. The van der Waals surface area contributed by atoms with Gasteiger partial charge in [0.1, 0.15) is 12.2 Å². The van der Waals surface area contributed by atoms with Crippen molar-refractivity contribution in [1.82, 2.24) is 4.90 Å². The molecule has 16 heavy (non-hydrogen) atoms. The third kappa shape index (κ3) is 2.38. The average molecular weight is 227 g/mol.